The van der Waals surface area contributed by atoms with E-state index in [1.54, 1.807) is 0 Å². The van der Waals surface area contributed by atoms with E-state index in [1.807, 2.05) is 26.8 Å². The highest BCUT2D eigenvalue weighted by atomic mass is 35.5. The summed E-state index contributed by atoms with van der Waals surface area (Å²) in [5, 5.41) is 1.32. The van der Waals surface area contributed by atoms with Crippen LogP contribution in [0.5, 0.6) is 0 Å². The molecule has 0 amide bonds. The summed E-state index contributed by atoms with van der Waals surface area (Å²) < 4.78 is 0. The van der Waals surface area contributed by atoms with Crippen molar-refractivity contribution in [2.45, 2.75) is 20.8 Å². The molecule has 0 aliphatic carbocycles. The fourth-order valence-corrected chi connectivity index (χ4v) is 1.50. The van der Waals surface area contributed by atoms with Gasteiger partial charge in [-0.3, -0.25) is 0 Å². The van der Waals surface area contributed by atoms with Crippen LogP contribution >= 0.6 is 23.2 Å². The summed E-state index contributed by atoms with van der Waals surface area (Å²) in [5.74, 6) is 0. The molecule has 0 saturated heterocycles. The first-order chi connectivity index (χ1) is 5.04. The molecule has 1 aromatic rings. The normalized spacial score (nSPS) is 10.3. The Morgan fingerprint density at radius 2 is 1.55 bits per heavy atom. The summed E-state index contributed by atoms with van der Waals surface area (Å²) in [6.07, 6.45) is 0. The van der Waals surface area contributed by atoms with Crippen molar-refractivity contribution in [3.05, 3.63) is 32.8 Å². The zero-order valence-electron chi connectivity index (χ0n) is 6.83. The van der Waals surface area contributed by atoms with Crippen LogP contribution in [0.25, 0.3) is 0 Å². The molecule has 0 spiro atoms. The van der Waals surface area contributed by atoms with E-state index in [-0.39, 0.29) is 0 Å². The molecular formula is C9H10Cl2. The fourth-order valence-electron chi connectivity index (χ4n) is 1.00. The van der Waals surface area contributed by atoms with Crippen LogP contribution in [0.15, 0.2) is 6.07 Å². The highest BCUT2D eigenvalue weighted by molar-refractivity contribution is 6.42. The van der Waals surface area contributed by atoms with Crippen LogP contribution in [0, 0.1) is 20.8 Å². The Balaban J connectivity index is 3.46. The maximum absolute atomic E-state index is 5.92. The summed E-state index contributed by atoms with van der Waals surface area (Å²) in [4.78, 5) is 0. The van der Waals surface area contributed by atoms with E-state index in [2.05, 4.69) is 0 Å². The number of halogens is 2. The van der Waals surface area contributed by atoms with E-state index in [0.29, 0.717) is 10.0 Å². The van der Waals surface area contributed by atoms with Gasteiger partial charge in [-0.1, -0.05) is 23.2 Å². The summed E-state index contributed by atoms with van der Waals surface area (Å²) in [5.41, 5.74) is 3.49. The summed E-state index contributed by atoms with van der Waals surface area (Å²) >= 11 is 11.8. The van der Waals surface area contributed by atoms with Crippen LogP contribution < -0.4 is 0 Å². The summed E-state index contributed by atoms with van der Waals surface area (Å²) in [6.45, 7) is 6.06. The lowest BCUT2D eigenvalue weighted by molar-refractivity contribution is 1.27. The minimum absolute atomic E-state index is 0.646. The molecule has 0 fully saturated rings. The van der Waals surface area contributed by atoms with Crippen LogP contribution in [-0.2, 0) is 0 Å². The average molecular weight is 189 g/mol. The van der Waals surface area contributed by atoms with Gasteiger partial charge in [0, 0.05) is 0 Å². The van der Waals surface area contributed by atoms with E-state index in [1.165, 1.54) is 11.1 Å². The van der Waals surface area contributed by atoms with Gasteiger partial charge in [-0.2, -0.15) is 0 Å². The minimum atomic E-state index is 0.646. The van der Waals surface area contributed by atoms with Gasteiger partial charge in [-0.15, -0.1) is 0 Å². The first kappa shape index (κ1) is 8.89. The molecule has 0 aromatic heterocycles. The summed E-state index contributed by atoms with van der Waals surface area (Å²) in [7, 11) is 0. The van der Waals surface area contributed by atoms with E-state index in [4.69, 9.17) is 23.2 Å². The number of hydrogen-bond acceptors (Lipinski definition) is 0. The lowest BCUT2D eigenvalue weighted by Gasteiger charge is -2.07. The van der Waals surface area contributed by atoms with Crippen molar-refractivity contribution in [1.82, 2.24) is 0 Å². The Morgan fingerprint density at radius 3 is 2.09 bits per heavy atom. The average Bonchev–Trinajstić information content (AvgIpc) is 1.97. The molecule has 1 rings (SSSR count). The van der Waals surface area contributed by atoms with Crippen LogP contribution in [-0.4, -0.2) is 0 Å². The number of benzene rings is 1. The molecule has 11 heavy (non-hydrogen) atoms. The largest absolute Gasteiger partial charge is 0.0827 e. The smallest absolute Gasteiger partial charge is 0.0624 e. The Morgan fingerprint density at radius 1 is 1.00 bits per heavy atom. The van der Waals surface area contributed by atoms with Gasteiger partial charge in [0.15, 0.2) is 0 Å². The fraction of sp³-hybridized carbons (Fsp3) is 0.333. The van der Waals surface area contributed by atoms with Gasteiger partial charge in [0.25, 0.3) is 0 Å². The van der Waals surface area contributed by atoms with E-state index in [9.17, 15) is 0 Å². The predicted molar refractivity (Wildman–Crippen MR) is 50.7 cm³/mol. The van der Waals surface area contributed by atoms with Crippen molar-refractivity contribution in [3.63, 3.8) is 0 Å². The SMILES string of the molecule is Cc1cc(Cl)c(Cl)c(C)c1C. The Bertz CT molecular complexity index is 264. The Labute approximate surface area is 77.1 Å². The Kier molecular flexibility index (Phi) is 2.46. The molecule has 0 N–H and O–H groups in total. The van der Waals surface area contributed by atoms with Crippen molar-refractivity contribution >= 4 is 23.2 Å². The zero-order valence-corrected chi connectivity index (χ0v) is 8.35. The minimum Gasteiger partial charge on any atom is -0.0827 e. The van der Waals surface area contributed by atoms with Crippen LogP contribution in [0.1, 0.15) is 16.7 Å². The highest BCUT2D eigenvalue weighted by Gasteiger charge is 2.05. The highest BCUT2D eigenvalue weighted by Crippen LogP contribution is 2.29. The van der Waals surface area contributed by atoms with Crippen molar-refractivity contribution < 1.29 is 0 Å². The third-order valence-corrected chi connectivity index (χ3v) is 2.92. The van der Waals surface area contributed by atoms with Crippen LogP contribution in [0.2, 0.25) is 10.0 Å². The van der Waals surface area contributed by atoms with Crippen molar-refractivity contribution in [3.8, 4) is 0 Å². The van der Waals surface area contributed by atoms with Crippen molar-refractivity contribution in [1.29, 1.82) is 0 Å². The standard InChI is InChI=1S/C9H10Cl2/c1-5-4-8(10)9(11)7(3)6(5)2/h4H,1-3H3. The van der Waals surface area contributed by atoms with Crippen molar-refractivity contribution in [2.24, 2.45) is 0 Å². The summed E-state index contributed by atoms with van der Waals surface area (Å²) in [6, 6.07) is 1.90. The number of rotatable bonds is 0. The second-order valence-corrected chi connectivity index (χ2v) is 3.52. The second-order valence-electron chi connectivity index (χ2n) is 2.74. The zero-order chi connectivity index (χ0) is 8.59. The maximum Gasteiger partial charge on any atom is 0.0624 e. The quantitative estimate of drug-likeness (QED) is 0.580. The molecule has 0 aliphatic rings. The van der Waals surface area contributed by atoms with Gasteiger partial charge in [0.2, 0.25) is 0 Å². The molecule has 0 bridgehead atoms. The Hall–Kier alpha value is -0.200. The van der Waals surface area contributed by atoms with Crippen LogP contribution in [0.4, 0.5) is 0 Å². The van der Waals surface area contributed by atoms with Gasteiger partial charge in [-0.05, 0) is 43.5 Å². The molecule has 0 nitrogen and oxygen atoms in total. The molecule has 0 radical (unpaired) electrons. The molecule has 0 saturated carbocycles. The number of aryl methyl sites for hydroxylation is 1. The molecule has 2 heteroatoms. The maximum atomic E-state index is 5.92. The second kappa shape index (κ2) is 3.04. The third-order valence-electron chi connectivity index (χ3n) is 2.04. The van der Waals surface area contributed by atoms with E-state index < -0.39 is 0 Å². The van der Waals surface area contributed by atoms with Crippen LogP contribution in [0.3, 0.4) is 0 Å². The lowest BCUT2D eigenvalue weighted by Crippen LogP contribution is -1.87. The number of hydrogen-bond donors (Lipinski definition) is 0. The van der Waals surface area contributed by atoms with Gasteiger partial charge in [0.1, 0.15) is 0 Å². The third kappa shape index (κ3) is 1.52. The molecule has 0 aliphatic heterocycles. The molecule has 60 valence electrons. The first-order valence-electron chi connectivity index (χ1n) is 3.46. The van der Waals surface area contributed by atoms with Gasteiger partial charge in [0.05, 0.1) is 10.0 Å². The molecule has 0 atom stereocenters. The van der Waals surface area contributed by atoms with Gasteiger partial charge < -0.3 is 0 Å². The van der Waals surface area contributed by atoms with Gasteiger partial charge in [-0.25, -0.2) is 0 Å². The first-order valence-corrected chi connectivity index (χ1v) is 4.21. The van der Waals surface area contributed by atoms with Crippen molar-refractivity contribution in [2.75, 3.05) is 0 Å². The molecule has 1 aromatic carbocycles. The monoisotopic (exact) mass is 188 g/mol. The predicted octanol–water partition coefficient (Wildman–Crippen LogP) is 3.92. The van der Waals surface area contributed by atoms with E-state index >= 15 is 0 Å². The lowest BCUT2D eigenvalue weighted by atomic mass is 10.1. The molecule has 0 heterocycles. The topological polar surface area (TPSA) is 0 Å². The van der Waals surface area contributed by atoms with Gasteiger partial charge >= 0.3 is 0 Å². The molecular weight excluding hydrogens is 179 g/mol. The molecule has 0 unspecified atom stereocenters. The van der Waals surface area contributed by atoms with E-state index in [0.717, 1.165) is 5.56 Å².